The van der Waals surface area contributed by atoms with Crippen molar-refractivity contribution in [3.8, 4) is 5.88 Å². The highest BCUT2D eigenvalue weighted by Crippen LogP contribution is 2.32. The summed E-state index contributed by atoms with van der Waals surface area (Å²) in [4.78, 5) is 11.1. The van der Waals surface area contributed by atoms with E-state index in [1.54, 1.807) is 7.11 Å². The van der Waals surface area contributed by atoms with Crippen molar-refractivity contribution in [1.82, 2.24) is 9.88 Å². The predicted molar refractivity (Wildman–Crippen MR) is 83.3 cm³/mol. The van der Waals surface area contributed by atoms with Gasteiger partial charge in [-0.05, 0) is 24.5 Å². The second-order valence-electron chi connectivity index (χ2n) is 5.90. The Kier molecular flexibility index (Phi) is 4.27. The predicted octanol–water partition coefficient (Wildman–Crippen LogP) is 2.48. The molecule has 2 aliphatic rings. The highest BCUT2D eigenvalue weighted by molar-refractivity contribution is 5.80. The van der Waals surface area contributed by atoms with E-state index in [9.17, 15) is 0 Å². The highest BCUT2D eigenvalue weighted by Gasteiger charge is 2.33. The van der Waals surface area contributed by atoms with Crippen molar-refractivity contribution in [2.45, 2.75) is 50.6 Å². The second kappa shape index (κ2) is 6.33. The molecule has 21 heavy (non-hydrogen) atoms. The topological polar surface area (TPSA) is 63.7 Å². The first-order chi connectivity index (χ1) is 10.3. The molecule has 1 aliphatic carbocycles. The summed E-state index contributed by atoms with van der Waals surface area (Å²) in [7, 11) is 1.64. The molecular formula is C16H24N4O. The number of aliphatic imine (C=N–C) groups is 1. The molecule has 5 heteroatoms. The van der Waals surface area contributed by atoms with E-state index in [4.69, 9.17) is 10.5 Å². The fourth-order valence-electron chi connectivity index (χ4n) is 3.46. The summed E-state index contributed by atoms with van der Waals surface area (Å²) in [6.07, 6.45) is 9.60. The van der Waals surface area contributed by atoms with Crippen LogP contribution in [0.3, 0.4) is 0 Å². The molecular weight excluding hydrogens is 264 g/mol. The molecule has 2 N–H and O–H groups in total. The van der Waals surface area contributed by atoms with Crippen LogP contribution in [0.4, 0.5) is 0 Å². The number of nitrogens with zero attached hydrogens (tertiary/aromatic N) is 3. The van der Waals surface area contributed by atoms with Gasteiger partial charge in [-0.25, -0.2) is 4.98 Å². The number of ether oxygens (including phenoxy) is 1. The van der Waals surface area contributed by atoms with Crippen molar-refractivity contribution in [2.75, 3.05) is 13.7 Å². The maximum Gasteiger partial charge on any atom is 0.212 e. The molecule has 5 nitrogen and oxygen atoms in total. The van der Waals surface area contributed by atoms with Crippen LogP contribution in [0, 0.1) is 0 Å². The molecule has 1 saturated carbocycles. The lowest BCUT2D eigenvalue weighted by Gasteiger charge is -2.34. The van der Waals surface area contributed by atoms with E-state index < -0.39 is 0 Å². The van der Waals surface area contributed by atoms with Crippen LogP contribution in [0.5, 0.6) is 5.88 Å². The Morgan fingerprint density at radius 1 is 1.19 bits per heavy atom. The number of hydrogen-bond acceptors (Lipinski definition) is 5. The smallest absolute Gasteiger partial charge is 0.212 e. The Morgan fingerprint density at radius 3 is 2.57 bits per heavy atom. The SMILES string of the molecule is COc1ccc(C2CN=C(N)N2C2CCCCCC2)cn1. The lowest BCUT2D eigenvalue weighted by molar-refractivity contribution is 0.237. The van der Waals surface area contributed by atoms with Gasteiger partial charge in [0, 0.05) is 18.3 Å². The third-order valence-electron chi connectivity index (χ3n) is 4.60. The van der Waals surface area contributed by atoms with Crippen molar-refractivity contribution < 1.29 is 4.74 Å². The van der Waals surface area contributed by atoms with Crippen LogP contribution in [-0.4, -0.2) is 35.5 Å². The molecule has 2 heterocycles. The van der Waals surface area contributed by atoms with Gasteiger partial charge in [-0.3, -0.25) is 4.99 Å². The first kappa shape index (κ1) is 14.2. The summed E-state index contributed by atoms with van der Waals surface area (Å²) >= 11 is 0. The Hall–Kier alpha value is -1.78. The van der Waals surface area contributed by atoms with Crippen LogP contribution in [0.2, 0.25) is 0 Å². The highest BCUT2D eigenvalue weighted by atomic mass is 16.5. The average molecular weight is 288 g/mol. The van der Waals surface area contributed by atoms with E-state index in [0.717, 1.165) is 6.54 Å². The number of rotatable bonds is 3. The Balaban J connectivity index is 1.80. The lowest BCUT2D eigenvalue weighted by Crippen LogP contribution is -2.43. The number of guanidine groups is 1. The molecule has 0 bridgehead atoms. The van der Waals surface area contributed by atoms with Gasteiger partial charge in [0.05, 0.1) is 19.7 Å². The van der Waals surface area contributed by atoms with Gasteiger partial charge in [0.25, 0.3) is 0 Å². The van der Waals surface area contributed by atoms with Crippen molar-refractivity contribution in [1.29, 1.82) is 0 Å². The number of hydrogen-bond donors (Lipinski definition) is 1. The monoisotopic (exact) mass is 288 g/mol. The Labute approximate surface area is 126 Å². The van der Waals surface area contributed by atoms with Crippen LogP contribution in [-0.2, 0) is 0 Å². The van der Waals surface area contributed by atoms with Gasteiger partial charge in [-0.1, -0.05) is 25.7 Å². The fourth-order valence-corrected chi connectivity index (χ4v) is 3.46. The first-order valence-electron chi connectivity index (χ1n) is 7.88. The van der Waals surface area contributed by atoms with E-state index in [2.05, 4.69) is 20.9 Å². The Bertz CT molecular complexity index is 492. The number of methoxy groups -OCH3 is 1. The molecule has 3 rings (SSSR count). The molecule has 1 aliphatic heterocycles. The van der Waals surface area contributed by atoms with E-state index in [1.807, 2.05) is 12.3 Å². The van der Waals surface area contributed by atoms with Crippen LogP contribution in [0.25, 0.3) is 0 Å². The van der Waals surface area contributed by atoms with E-state index in [1.165, 1.54) is 44.1 Å². The fraction of sp³-hybridized carbons (Fsp3) is 0.625. The normalized spacial score (nSPS) is 23.8. The molecule has 1 aromatic rings. The van der Waals surface area contributed by atoms with Gasteiger partial charge >= 0.3 is 0 Å². The van der Waals surface area contributed by atoms with Crippen molar-refractivity contribution >= 4 is 5.96 Å². The minimum absolute atomic E-state index is 0.228. The van der Waals surface area contributed by atoms with Crippen molar-refractivity contribution in [2.24, 2.45) is 10.7 Å². The van der Waals surface area contributed by atoms with Crippen LogP contribution >= 0.6 is 0 Å². The zero-order valence-electron chi connectivity index (χ0n) is 12.7. The van der Waals surface area contributed by atoms with E-state index in [-0.39, 0.29) is 6.04 Å². The second-order valence-corrected chi connectivity index (χ2v) is 5.90. The third kappa shape index (κ3) is 2.96. The molecule has 1 atom stereocenters. The number of nitrogens with two attached hydrogens (primary N) is 1. The zero-order chi connectivity index (χ0) is 14.7. The van der Waals surface area contributed by atoms with Gasteiger partial charge in [0.1, 0.15) is 0 Å². The van der Waals surface area contributed by atoms with Gasteiger partial charge in [0.15, 0.2) is 5.96 Å². The molecule has 0 aromatic carbocycles. The molecule has 1 unspecified atom stereocenters. The van der Waals surface area contributed by atoms with Crippen molar-refractivity contribution in [3.05, 3.63) is 23.9 Å². The standard InChI is InChI=1S/C16H24N4O/c1-21-15-9-8-12(10-18-15)14-11-19-16(17)20(14)13-6-4-2-3-5-7-13/h8-10,13-14H,2-7,11H2,1H3,(H2,17,19). The summed E-state index contributed by atoms with van der Waals surface area (Å²) in [6, 6.07) is 4.74. The lowest BCUT2D eigenvalue weighted by atomic mass is 10.0. The van der Waals surface area contributed by atoms with E-state index >= 15 is 0 Å². The maximum absolute atomic E-state index is 6.18. The molecule has 0 spiro atoms. The summed E-state index contributed by atoms with van der Waals surface area (Å²) < 4.78 is 5.13. The summed E-state index contributed by atoms with van der Waals surface area (Å²) in [5, 5.41) is 0. The van der Waals surface area contributed by atoms with Gasteiger partial charge < -0.3 is 15.4 Å². The molecule has 114 valence electrons. The molecule has 0 saturated heterocycles. The summed E-state index contributed by atoms with van der Waals surface area (Å²) in [5.74, 6) is 1.34. The molecule has 0 radical (unpaired) electrons. The number of pyridine rings is 1. The summed E-state index contributed by atoms with van der Waals surface area (Å²) in [5.41, 5.74) is 7.35. The molecule has 0 amide bonds. The first-order valence-corrected chi connectivity index (χ1v) is 7.88. The van der Waals surface area contributed by atoms with Crippen molar-refractivity contribution in [3.63, 3.8) is 0 Å². The maximum atomic E-state index is 6.18. The molecule has 1 fully saturated rings. The largest absolute Gasteiger partial charge is 0.481 e. The minimum Gasteiger partial charge on any atom is -0.481 e. The van der Waals surface area contributed by atoms with Gasteiger partial charge in [-0.15, -0.1) is 0 Å². The Morgan fingerprint density at radius 2 is 1.95 bits per heavy atom. The summed E-state index contributed by atoms with van der Waals surface area (Å²) in [6.45, 7) is 0.732. The van der Waals surface area contributed by atoms with E-state index in [0.29, 0.717) is 17.9 Å². The van der Waals surface area contributed by atoms with Crippen LogP contribution in [0.1, 0.15) is 50.1 Å². The molecule has 1 aromatic heterocycles. The number of aromatic nitrogens is 1. The van der Waals surface area contributed by atoms with Crippen LogP contribution in [0.15, 0.2) is 23.3 Å². The van der Waals surface area contributed by atoms with Gasteiger partial charge in [-0.2, -0.15) is 0 Å². The third-order valence-corrected chi connectivity index (χ3v) is 4.60. The van der Waals surface area contributed by atoms with Gasteiger partial charge in [0.2, 0.25) is 5.88 Å². The van der Waals surface area contributed by atoms with Crippen LogP contribution < -0.4 is 10.5 Å². The average Bonchev–Trinajstić information content (AvgIpc) is 2.74. The zero-order valence-corrected chi connectivity index (χ0v) is 12.7. The quantitative estimate of drug-likeness (QED) is 0.868. The minimum atomic E-state index is 0.228.